The van der Waals surface area contributed by atoms with Gasteiger partial charge in [-0.3, -0.25) is 0 Å². The van der Waals surface area contributed by atoms with Crippen molar-refractivity contribution in [1.82, 2.24) is 4.98 Å². The van der Waals surface area contributed by atoms with Crippen molar-refractivity contribution in [2.75, 3.05) is 12.4 Å². The molecule has 9 heteroatoms. The van der Waals surface area contributed by atoms with Crippen molar-refractivity contribution in [2.24, 2.45) is 5.73 Å². The highest BCUT2D eigenvalue weighted by molar-refractivity contribution is 7.99. The number of hydrogen-bond acceptors (Lipinski definition) is 9. The molecule has 3 heterocycles. The molecule has 0 bridgehead atoms. The maximum Gasteiger partial charge on any atom is 0.338 e. The first-order valence-corrected chi connectivity index (χ1v) is 14.6. The molecular formula is C30H26N4O3S2. The van der Waals surface area contributed by atoms with E-state index in [2.05, 4.69) is 12.1 Å². The predicted molar refractivity (Wildman–Crippen MR) is 150 cm³/mol. The lowest BCUT2D eigenvalue weighted by molar-refractivity contribution is -0.139. The smallest absolute Gasteiger partial charge is 0.338 e. The number of carbonyl (C=O) groups excluding carboxylic acids is 1. The van der Waals surface area contributed by atoms with Crippen molar-refractivity contribution < 1.29 is 14.3 Å². The van der Waals surface area contributed by atoms with Gasteiger partial charge in [0.1, 0.15) is 28.5 Å². The highest BCUT2D eigenvalue weighted by Gasteiger charge is 2.38. The average molecular weight is 555 g/mol. The molecule has 2 aliphatic rings. The molecule has 2 N–H and O–H groups in total. The number of thiophene rings is 1. The zero-order valence-electron chi connectivity index (χ0n) is 21.4. The van der Waals surface area contributed by atoms with Gasteiger partial charge in [-0.25, -0.2) is 9.78 Å². The lowest BCUT2D eigenvalue weighted by Crippen LogP contribution is -2.27. The summed E-state index contributed by atoms with van der Waals surface area (Å²) in [6, 6.07) is 17.8. The SMILES string of the molecule is CCOC(=O)C1=C(CSc2nc3c(c(-c4cccs4)c2C#N)CCCC3)OC(N)=C(C#N)[C@H]1c1ccccc1. The minimum absolute atomic E-state index is 0.0480. The van der Waals surface area contributed by atoms with Crippen LogP contribution < -0.4 is 5.73 Å². The van der Waals surface area contributed by atoms with E-state index in [1.807, 2.05) is 47.8 Å². The van der Waals surface area contributed by atoms with E-state index >= 15 is 0 Å². The van der Waals surface area contributed by atoms with Gasteiger partial charge in [-0.2, -0.15) is 10.5 Å². The summed E-state index contributed by atoms with van der Waals surface area (Å²) in [7, 11) is 0. The van der Waals surface area contributed by atoms with Gasteiger partial charge in [0.05, 0.1) is 29.4 Å². The van der Waals surface area contributed by atoms with Gasteiger partial charge in [0.2, 0.25) is 5.88 Å². The molecule has 0 unspecified atom stereocenters. The summed E-state index contributed by atoms with van der Waals surface area (Å²) < 4.78 is 11.3. The van der Waals surface area contributed by atoms with Gasteiger partial charge >= 0.3 is 5.97 Å². The Morgan fingerprint density at radius 2 is 1.97 bits per heavy atom. The molecule has 3 aromatic rings. The zero-order chi connectivity index (χ0) is 27.4. The van der Waals surface area contributed by atoms with E-state index in [0.29, 0.717) is 16.3 Å². The van der Waals surface area contributed by atoms with E-state index in [1.54, 1.807) is 18.3 Å². The summed E-state index contributed by atoms with van der Waals surface area (Å²) in [5.41, 5.74) is 11.0. The first-order valence-electron chi connectivity index (χ1n) is 12.7. The summed E-state index contributed by atoms with van der Waals surface area (Å²) in [6.07, 6.45) is 3.88. The van der Waals surface area contributed by atoms with Crippen LogP contribution in [0.4, 0.5) is 0 Å². The first-order chi connectivity index (χ1) is 19.1. The van der Waals surface area contributed by atoms with Crippen molar-refractivity contribution in [3.8, 4) is 22.6 Å². The van der Waals surface area contributed by atoms with Crippen LogP contribution in [-0.4, -0.2) is 23.3 Å². The Kier molecular flexibility index (Phi) is 8.02. The molecule has 0 amide bonds. The van der Waals surface area contributed by atoms with Crippen LogP contribution in [0.15, 0.2) is 75.7 Å². The molecule has 196 valence electrons. The number of allylic oxidation sites excluding steroid dienone is 1. The van der Waals surface area contributed by atoms with Gasteiger partial charge in [-0.05, 0) is 55.2 Å². The van der Waals surface area contributed by atoms with Gasteiger partial charge in [0, 0.05) is 16.1 Å². The summed E-state index contributed by atoms with van der Waals surface area (Å²) in [5, 5.41) is 22.8. The van der Waals surface area contributed by atoms with Crippen LogP contribution >= 0.6 is 23.1 Å². The topological polar surface area (TPSA) is 122 Å². The maximum atomic E-state index is 13.3. The van der Waals surface area contributed by atoms with E-state index in [0.717, 1.165) is 52.9 Å². The van der Waals surface area contributed by atoms with Gasteiger partial charge in [-0.1, -0.05) is 48.2 Å². The first kappa shape index (κ1) is 26.6. The van der Waals surface area contributed by atoms with Crippen molar-refractivity contribution in [3.63, 3.8) is 0 Å². The zero-order valence-corrected chi connectivity index (χ0v) is 23.0. The fourth-order valence-electron chi connectivity index (χ4n) is 5.09. The summed E-state index contributed by atoms with van der Waals surface area (Å²) in [5.74, 6) is -0.868. The Balaban J connectivity index is 1.60. The lowest BCUT2D eigenvalue weighted by Gasteiger charge is -2.28. The Hall–Kier alpha value is -4.05. The van der Waals surface area contributed by atoms with Gasteiger partial charge in [0.25, 0.3) is 0 Å². The summed E-state index contributed by atoms with van der Waals surface area (Å²) >= 11 is 2.94. The third-order valence-corrected chi connectivity index (χ3v) is 8.65. The molecule has 1 aliphatic heterocycles. The Morgan fingerprint density at radius 1 is 1.18 bits per heavy atom. The number of nitrogens with two attached hydrogens (primary N) is 1. The molecule has 1 aliphatic carbocycles. The van der Waals surface area contributed by atoms with E-state index in [1.165, 1.54) is 11.8 Å². The fourth-order valence-corrected chi connectivity index (χ4v) is 6.84. The van der Waals surface area contributed by atoms with Crippen LogP contribution in [0.25, 0.3) is 10.4 Å². The molecular weight excluding hydrogens is 528 g/mol. The number of rotatable bonds is 7. The number of ether oxygens (including phenoxy) is 2. The summed E-state index contributed by atoms with van der Waals surface area (Å²) in [6.45, 7) is 1.90. The number of aryl methyl sites for hydroxylation is 1. The molecule has 0 saturated carbocycles. The second kappa shape index (κ2) is 11.8. The molecule has 7 nitrogen and oxygen atoms in total. The second-order valence-electron chi connectivity index (χ2n) is 9.07. The van der Waals surface area contributed by atoms with Crippen molar-refractivity contribution in [2.45, 2.75) is 43.6 Å². The molecule has 5 rings (SSSR count). The van der Waals surface area contributed by atoms with Crippen molar-refractivity contribution >= 4 is 29.1 Å². The van der Waals surface area contributed by atoms with Crippen molar-refractivity contribution in [3.05, 3.63) is 93.0 Å². The normalized spacial score (nSPS) is 16.6. The number of benzene rings is 1. The highest BCUT2D eigenvalue weighted by Crippen LogP contribution is 2.43. The van der Waals surface area contributed by atoms with Gasteiger partial charge < -0.3 is 15.2 Å². The predicted octanol–water partition coefficient (Wildman–Crippen LogP) is 5.98. The van der Waals surface area contributed by atoms with Crippen LogP contribution in [0.5, 0.6) is 0 Å². The minimum atomic E-state index is -0.729. The second-order valence-corrected chi connectivity index (χ2v) is 11.0. The number of nitriles is 2. The number of fused-ring (bicyclic) bond motifs is 1. The Labute approximate surface area is 235 Å². The number of carbonyl (C=O) groups is 1. The molecule has 39 heavy (non-hydrogen) atoms. The van der Waals surface area contributed by atoms with Crippen LogP contribution in [0, 0.1) is 22.7 Å². The van der Waals surface area contributed by atoms with E-state index < -0.39 is 11.9 Å². The number of esters is 1. The maximum absolute atomic E-state index is 13.3. The molecule has 0 spiro atoms. The minimum Gasteiger partial charge on any atom is -0.463 e. The van der Waals surface area contributed by atoms with Gasteiger partial charge in [-0.15, -0.1) is 11.3 Å². The number of thioether (sulfide) groups is 1. The highest BCUT2D eigenvalue weighted by atomic mass is 32.2. The number of aromatic nitrogens is 1. The Bertz CT molecular complexity index is 1550. The van der Waals surface area contributed by atoms with Crippen molar-refractivity contribution in [1.29, 1.82) is 10.5 Å². The van der Waals surface area contributed by atoms with E-state index in [4.69, 9.17) is 20.2 Å². The summed E-state index contributed by atoms with van der Waals surface area (Å²) in [4.78, 5) is 19.3. The van der Waals surface area contributed by atoms with Crippen LogP contribution in [0.2, 0.25) is 0 Å². The van der Waals surface area contributed by atoms with Crippen LogP contribution in [0.1, 0.15) is 48.1 Å². The third kappa shape index (κ3) is 5.16. The fraction of sp³-hybridized carbons (Fsp3) is 0.267. The van der Waals surface area contributed by atoms with E-state index in [9.17, 15) is 15.3 Å². The van der Waals surface area contributed by atoms with Crippen LogP contribution in [0.3, 0.4) is 0 Å². The molecule has 1 atom stereocenters. The number of hydrogen-bond donors (Lipinski definition) is 1. The monoisotopic (exact) mass is 554 g/mol. The lowest BCUT2D eigenvalue weighted by atomic mass is 9.83. The molecule has 0 saturated heterocycles. The molecule has 0 radical (unpaired) electrons. The quantitative estimate of drug-likeness (QED) is 0.280. The molecule has 1 aromatic carbocycles. The van der Waals surface area contributed by atoms with E-state index in [-0.39, 0.29) is 29.4 Å². The largest absolute Gasteiger partial charge is 0.463 e. The van der Waals surface area contributed by atoms with Gasteiger partial charge in [0.15, 0.2) is 0 Å². The third-order valence-electron chi connectivity index (χ3n) is 6.79. The Morgan fingerprint density at radius 3 is 2.67 bits per heavy atom. The molecule has 2 aromatic heterocycles. The number of nitrogens with zero attached hydrogens (tertiary/aromatic N) is 3. The van der Waals surface area contributed by atoms with Crippen LogP contribution in [-0.2, 0) is 27.1 Å². The number of pyridine rings is 1. The average Bonchev–Trinajstić information content (AvgIpc) is 3.50. The molecule has 0 fully saturated rings. The standard InChI is InChI=1S/C30H26N4O3S2/c1-2-36-30(35)27-23(37-28(33)20(15-31)25(27)18-9-4-3-5-10-18)17-39-29-21(16-32)26(24-13-8-14-38-24)19-11-6-7-12-22(19)34-29/h3-5,8-10,13-14,25H,2,6-7,11-12,17,33H2,1H3/t25-/m1/s1.